The van der Waals surface area contributed by atoms with Crippen molar-refractivity contribution in [2.75, 3.05) is 16.8 Å². The average molecular weight is 322 g/mol. The van der Waals surface area contributed by atoms with Gasteiger partial charge in [0, 0.05) is 32.0 Å². The van der Waals surface area contributed by atoms with Crippen LogP contribution in [0.5, 0.6) is 0 Å². The van der Waals surface area contributed by atoms with Gasteiger partial charge in [-0.3, -0.25) is 14.4 Å². The highest BCUT2D eigenvalue weighted by Gasteiger charge is 2.33. The Morgan fingerprint density at radius 2 is 1.75 bits per heavy atom. The monoisotopic (exact) mass is 322 g/mol. The maximum atomic E-state index is 13.9. The Morgan fingerprint density at radius 3 is 2.50 bits per heavy atom. The van der Waals surface area contributed by atoms with Gasteiger partial charge in [-0.15, -0.1) is 0 Å². The van der Waals surface area contributed by atoms with Gasteiger partial charge in [0.15, 0.2) is 5.82 Å². The molecule has 0 saturated heterocycles. The summed E-state index contributed by atoms with van der Waals surface area (Å²) in [5, 5.41) is 4.39. The van der Waals surface area contributed by atoms with Crippen LogP contribution < -0.4 is 9.80 Å². The first kappa shape index (κ1) is 14.4. The number of aryl methyl sites for hydroxylation is 1. The zero-order valence-corrected chi connectivity index (χ0v) is 13.3. The van der Waals surface area contributed by atoms with E-state index in [0.717, 1.165) is 0 Å². The van der Waals surface area contributed by atoms with Crippen molar-refractivity contribution in [3.05, 3.63) is 66.1 Å². The fraction of sp³-hybridized carbons (Fsp3) is 0.111. The van der Waals surface area contributed by atoms with Crippen molar-refractivity contribution in [1.82, 2.24) is 9.78 Å². The molecule has 0 spiro atoms. The number of rotatable bonds is 1. The molecular weight excluding hydrogens is 307 g/mol. The number of hydrogen-bond acceptors (Lipinski definition) is 3. The van der Waals surface area contributed by atoms with Crippen LogP contribution in [-0.2, 0) is 7.05 Å². The highest BCUT2D eigenvalue weighted by molar-refractivity contribution is 6.17. The van der Waals surface area contributed by atoms with Crippen LogP contribution in [0.4, 0.5) is 27.3 Å². The molecule has 0 atom stereocenters. The Labute approximate surface area is 138 Å². The van der Waals surface area contributed by atoms with Crippen molar-refractivity contribution in [3.63, 3.8) is 0 Å². The molecule has 0 unspecified atom stereocenters. The predicted molar refractivity (Wildman–Crippen MR) is 90.6 cm³/mol. The van der Waals surface area contributed by atoms with Crippen molar-refractivity contribution in [2.45, 2.75) is 0 Å². The van der Waals surface area contributed by atoms with Crippen molar-refractivity contribution in [1.29, 1.82) is 0 Å². The molecule has 0 radical (unpaired) electrons. The number of nitrogens with zero attached hydrogens (tertiary/aromatic N) is 4. The molecule has 1 aromatic heterocycles. The lowest BCUT2D eigenvalue weighted by atomic mass is 10.2. The Bertz CT molecular complexity index is 935. The average Bonchev–Trinajstić information content (AvgIpc) is 2.94. The number of carbonyl (C=O) groups excluding carboxylic acids is 1. The van der Waals surface area contributed by atoms with Gasteiger partial charge >= 0.3 is 0 Å². The van der Waals surface area contributed by atoms with Crippen LogP contribution in [0.25, 0.3) is 0 Å². The maximum Gasteiger partial charge on any atom is 0.268 e. The van der Waals surface area contributed by atoms with Gasteiger partial charge in [-0.2, -0.15) is 5.10 Å². The van der Waals surface area contributed by atoms with E-state index >= 15 is 0 Å². The molecule has 0 aliphatic carbocycles. The standard InChI is InChI=1S/C18H15FN4O/c1-21-11-14-17(20-21)22(2)15-9-8-12(19)10-16(15)23(18(14)24)13-6-4-3-5-7-13/h3-11H,1-2H3. The minimum absolute atomic E-state index is 0.236. The predicted octanol–water partition coefficient (Wildman–Crippen LogP) is 3.62. The molecule has 24 heavy (non-hydrogen) atoms. The summed E-state index contributed by atoms with van der Waals surface area (Å²) in [7, 11) is 3.60. The number of fused-ring (bicyclic) bond motifs is 2. The van der Waals surface area contributed by atoms with E-state index in [1.165, 1.54) is 17.0 Å². The van der Waals surface area contributed by atoms with Crippen molar-refractivity contribution in [3.8, 4) is 0 Å². The Morgan fingerprint density at radius 1 is 1.00 bits per heavy atom. The topological polar surface area (TPSA) is 41.4 Å². The SMILES string of the molecule is CN1c2ccc(F)cc2N(c2ccccc2)C(=O)c2cn(C)nc21. The summed E-state index contributed by atoms with van der Waals surface area (Å²) in [4.78, 5) is 16.5. The molecule has 3 aromatic rings. The minimum atomic E-state index is -0.393. The second-order valence-electron chi connectivity index (χ2n) is 5.71. The molecule has 1 aliphatic heterocycles. The first-order chi connectivity index (χ1) is 11.6. The number of carbonyl (C=O) groups is 1. The van der Waals surface area contributed by atoms with Crippen molar-refractivity contribution in [2.24, 2.45) is 7.05 Å². The molecular formula is C18H15FN4O. The van der Waals surface area contributed by atoms with Crippen molar-refractivity contribution >= 4 is 28.8 Å². The third-order valence-corrected chi connectivity index (χ3v) is 4.11. The van der Waals surface area contributed by atoms with E-state index in [1.54, 1.807) is 24.0 Å². The number of benzene rings is 2. The maximum absolute atomic E-state index is 13.9. The number of halogens is 1. The number of para-hydroxylation sites is 1. The van der Waals surface area contributed by atoms with E-state index in [1.807, 2.05) is 42.3 Å². The molecule has 1 amide bonds. The Kier molecular flexibility index (Phi) is 3.13. The lowest BCUT2D eigenvalue weighted by molar-refractivity contribution is 0.100. The number of anilines is 4. The third-order valence-electron chi connectivity index (χ3n) is 4.11. The van der Waals surface area contributed by atoms with E-state index in [-0.39, 0.29) is 5.91 Å². The fourth-order valence-electron chi connectivity index (χ4n) is 3.01. The normalized spacial score (nSPS) is 13.5. The van der Waals surface area contributed by atoms with E-state index < -0.39 is 5.82 Å². The number of amides is 1. The number of aromatic nitrogens is 2. The summed E-state index contributed by atoms with van der Waals surface area (Å²) in [5.41, 5.74) is 2.36. The third kappa shape index (κ3) is 2.07. The summed E-state index contributed by atoms with van der Waals surface area (Å²) in [6.07, 6.45) is 1.69. The summed E-state index contributed by atoms with van der Waals surface area (Å²) in [6.45, 7) is 0. The van der Waals surface area contributed by atoms with Gasteiger partial charge in [0.1, 0.15) is 11.4 Å². The van der Waals surface area contributed by atoms with Crippen LogP contribution >= 0.6 is 0 Å². The van der Waals surface area contributed by atoms with Gasteiger partial charge in [0.2, 0.25) is 0 Å². The highest BCUT2D eigenvalue weighted by Crippen LogP contribution is 2.42. The summed E-state index contributed by atoms with van der Waals surface area (Å²) in [6, 6.07) is 13.7. The smallest absolute Gasteiger partial charge is 0.268 e. The quantitative estimate of drug-likeness (QED) is 0.687. The van der Waals surface area contributed by atoms with Crippen molar-refractivity contribution < 1.29 is 9.18 Å². The van der Waals surface area contributed by atoms with E-state index in [4.69, 9.17) is 0 Å². The molecule has 0 bridgehead atoms. The van der Waals surface area contributed by atoms with Gasteiger partial charge in [-0.05, 0) is 24.3 Å². The van der Waals surface area contributed by atoms with Gasteiger partial charge in [0.05, 0.1) is 11.4 Å². The summed E-state index contributed by atoms with van der Waals surface area (Å²) < 4.78 is 15.5. The molecule has 0 saturated carbocycles. The van der Waals surface area contributed by atoms with Crippen LogP contribution in [0.2, 0.25) is 0 Å². The van der Waals surface area contributed by atoms with Crippen LogP contribution in [0.3, 0.4) is 0 Å². The molecule has 5 nitrogen and oxygen atoms in total. The lowest BCUT2D eigenvalue weighted by Crippen LogP contribution is -2.25. The van der Waals surface area contributed by atoms with E-state index in [9.17, 15) is 9.18 Å². The van der Waals surface area contributed by atoms with Crippen LogP contribution in [0.1, 0.15) is 10.4 Å². The Balaban J connectivity index is 2.03. The zero-order valence-electron chi connectivity index (χ0n) is 13.3. The molecule has 2 aromatic carbocycles. The molecule has 2 heterocycles. The molecule has 4 rings (SSSR count). The van der Waals surface area contributed by atoms with Gasteiger partial charge in [-0.25, -0.2) is 4.39 Å². The molecule has 0 N–H and O–H groups in total. The second kappa shape index (κ2) is 5.19. The fourth-order valence-corrected chi connectivity index (χ4v) is 3.01. The van der Waals surface area contributed by atoms with Crippen LogP contribution in [0, 0.1) is 5.82 Å². The Hall–Kier alpha value is -3.15. The van der Waals surface area contributed by atoms with E-state index in [0.29, 0.717) is 28.4 Å². The molecule has 1 aliphatic rings. The van der Waals surface area contributed by atoms with Gasteiger partial charge in [0.25, 0.3) is 5.91 Å². The molecule has 0 fully saturated rings. The molecule has 6 heteroatoms. The largest absolute Gasteiger partial charge is 0.326 e. The molecule has 120 valence electrons. The zero-order chi connectivity index (χ0) is 16.8. The first-order valence-electron chi connectivity index (χ1n) is 7.52. The number of hydrogen-bond donors (Lipinski definition) is 0. The second-order valence-corrected chi connectivity index (χ2v) is 5.71. The van der Waals surface area contributed by atoms with Crippen LogP contribution in [-0.4, -0.2) is 22.7 Å². The van der Waals surface area contributed by atoms with Gasteiger partial charge in [-0.1, -0.05) is 18.2 Å². The minimum Gasteiger partial charge on any atom is -0.326 e. The van der Waals surface area contributed by atoms with Crippen LogP contribution in [0.15, 0.2) is 54.7 Å². The lowest BCUT2D eigenvalue weighted by Gasteiger charge is -2.24. The van der Waals surface area contributed by atoms with E-state index in [2.05, 4.69) is 5.10 Å². The van der Waals surface area contributed by atoms with Gasteiger partial charge < -0.3 is 4.90 Å². The first-order valence-corrected chi connectivity index (χ1v) is 7.52. The summed E-state index contributed by atoms with van der Waals surface area (Å²) in [5.74, 6) is -0.0785. The summed E-state index contributed by atoms with van der Waals surface area (Å²) >= 11 is 0. The highest BCUT2D eigenvalue weighted by atomic mass is 19.1.